The average Bonchev–Trinajstić information content (AvgIpc) is 2.46. The van der Waals surface area contributed by atoms with Gasteiger partial charge in [0.15, 0.2) is 11.6 Å². The zero-order valence-corrected chi connectivity index (χ0v) is 11.9. The Hall–Kier alpha value is -2.82. The number of ether oxygens (including phenoxy) is 1. The van der Waals surface area contributed by atoms with Gasteiger partial charge in [-0.1, -0.05) is 12.1 Å². The number of carbonyl (C=O) groups excluding carboxylic acids is 2. The van der Waals surface area contributed by atoms with Gasteiger partial charge < -0.3 is 14.9 Å². The fourth-order valence-electron chi connectivity index (χ4n) is 2.52. The van der Waals surface area contributed by atoms with E-state index in [-0.39, 0.29) is 46.4 Å². The molecule has 1 aliphatic heterocycles. The van der Waals surface area contributed by atoms with Gasteiger partial charge in [-0.05, 0) is 36.8 Å². The lowest BCUT2D eigenvalue weighted by atomic mass is 9.94. The molecule has 3 rings (SSSR count). The van der Waals surface area contributed by atoms with E-state index in [1.807, 2.05) is 0 Å². The normalized spacial score (nSPS) is 16.8. The van der Waals surface area contributed by atoms with Crippen molar-refractivity contribution in [3.63, 3.8) is 0 Å². The standard InChI is InChI=1S/C17H14O5/c1-9(18)11-6-13(20)17-14(21)8-15(22-16(17)7-11)10-2-4-12(19)5-3-10/h2-7,15,19-20H,8H2,1H3/t15-/m0/s1. The van der Waals surface area contributed by atoms with Crippen LogP contribution in [0.3, 0.4) is 0 Å². The van der Waals surface area contributed by atoms with Crippen LogP contribution in [-0.4, -0.2) is 21.8 Å². The van der Waals surface area contributed by atoms with Gasteiger partial charge in [-0.2, -0.15) is 0 Å². The molecule has 1 heterocycles. The van der Waals surface area contributed by atoms with E-state index >= 15 is 0 Å². The molecule has 112 valence electrons. The lowest BCUT2D eigenvalue weighted by molar-refractivity contribution is 0.0842. The number of hydrogen-bond acceptors (Lipinski definition) is 5. The third kappa shape index (κ3) is 2.41. The summed E-state index contributed by atoms with van der Waals surface area (Å²) in [6.07, 6.45) is -0.424. The summed E-state index contributed by atoms with van der Waals surface area (Å²) in [6, 6.07) is 9.13. The molecular weight excluding hydrogens is 284 g/mol. The first-order valence-corrected chi connectivity index (χ1v) is 6.82. The van der Waals surface area contributed by atoms with E-state index in [0.717, 1.165) is 5.56 Å². The molecule has 0 unspecified atom stereocenters. The second kappa shape index (κ2) is 5.18. The Labute approximate surface area is 126 Å². The zero-order valence-electron chi connectivity index (χ0n) is 11.9. The highest BCUT2D eigenvalue weighted by Crippen LogP contribution is 2.40. The molecule has 22 heavy (non-hydrogen) atoms. The molecule has 0 aliphatic carbocycles. The van der Waals surface area contributed by atoms with Crippen LogP contribution in [0, 0.1) is 0 Å². The van der Waals surface area contributed by atoms with Crippen molar-refractivity contribution in [3.05, 3.63) is 53.1 Å². The topological polar surface area (TPSA) is 83.8 Å². The van der Waals surface area contributed by atoms with Crippen molar-refractivity contribution in [2.75, 3.05) is 0 Å². The van der Waals surface area contributed by atoms with Gasteiger partial charge in [-0.3, -0.25) is 9.59 Å². The number of Topliss-reactive ketones (excluding diaryl/α,β-unsaturated/α-hetero) is 2. The SMILES string of the molecule is CC(=O)c1cc(O)c2c(c1)O[C@H](c1ccc(O)cc1)CC2=O. The third-order valence-corrected chi connectivity index (χ3v) is 3.67. The van der Waals surface area contributed by atoms with Crippen molar-refractivity contribution in [1.82, 2.24) is 0 Å². The molecule has 0 fully saturated rings. The number of aromatic hydroxyl groups is 2. The predicted molar refractivity (Wildman–Crippen MR) is 78.5 cm³/mol. The molecule has 0 amide bonds. The highest BCUT2D eigenvalue weighted by molar-refractivity contribution is 6.04. The second-order valence-corrected chi connectivity index (χ2v) is 5.25. The Morgan fingerprint density at radius 2 is 1.86 bits per heavy atom. The van der Waals surface area contributed by atoms with Crippen molar-refractivity contribution in [2.45, 2.75) is 19.4 Å². The van der Waals surface area contributed by atoms with Gasteiger partial charge in [0, 0.05) is 5.56 Å². The van der Waals surface area contributed by atoms with E-state index < -0.39 is 6.10 Å². The second-order valence-electron chi connectivity index (χ2n) is 5.25. The van der Waals surface area contributed by atoms with Gasteiger partial charge in [0.1, 0.15) is 28.9 Å². The van der Waals surface area contributed by atoms with Crippen LogP contribution >= 0.6 is 0 Å². The third-order valence-electron chi connectivity index (χ3n) is 3.67. The molecule has 2 N–H and O–H groups in total. The summed E-state index contributed by atoms with van der Waals surface area (Å²) in [5, 5.41) is 19.3. The number of fused-ring (bicyclic) bond motifs is 1. The zero-order chi connectivity index (χ0) is 15.9. The maximum absolute atomic E-state index is 12.3. The molecule has 5 heteroatoms. The van der Waals surface area contributed by atoms with E-state index in [9.17, 15) is 19.8 Å². The summed E-state index contributed by atoms with van der Waals surface area (Å²) in [5.74, 6) is -0.369. The van der Waals surface area contributed by atoms with Crippen molar-refractivity contribution < 1.29 is 24.5 Å². The first-order chi connectivity index (χ1) is 10.5. The number of phenols is 2. The summed E-state index contributed by atoms with van der Waals surface area (Å²) in [7, 11) is 0. The van der Waals surface area contributed by atoms with Gasteiger partial charge in [-0.15, -0.1) is 0 Å². The number of carbonyl (C=O) groups is 2. The number of hydrogen-bond donors (Lipinski definition) is 2. The summed E-state index contributed by atoms with van der Waals surface area (Å²) < 4.78 is 5.79. The molecule has 2 aromatic rings. The minimum atomic E-state index is -0.512. The quantitative estimate of drug-likeness (QED) is 0.833. The van der Waals surface area contributed by atoms with Crippen LogP contribution in [-0.2, 0) is 0 Å². The largest absolute Gasteiger partial charge is 0.508 e. The van der Waals surface area contributed by atoms with E-state index in [1.165, 1.54) is 31.2 Å². The van der Waals surface area contributed by atoms with Crippen LogP contribution in [0.1, 0.15) is 45.7 Å². The highest BCUT2D eigenvalue weighted by Gasteiger charge is 2.31. The minimum Gasteiger partial charge on any atom is -0.508 e. The van der Waals surface area contributed by atoms with E-state index in [2.05, 4.69) is 0 Å². The summed E-state index contributed by atoms with van der Waals surface area (Å²) in [5.41, 5.74) is 1.14. The lowest BCUT2D eigenvalue weighted by Crippen LogP contribution is -2.21. The predicted octanol–water partition coefficient (Wildman–Crippen LogP) is 3.01. The first kappa shape index (κ1) is 14.1. The first-order valence-electron chi connectivity index (χ1n) is 6.82. The molecule has 0 radical (unpaired) electrons. The van der Waals surface area contributed by atoms with Crippen LogP contribution in [0.5, 0.6) is 17.2 Å². The maximum Gasteiger partial charge on any atom is 0.174 e. The Morgan fingerprint density at radius 1 is 1.18 bits per heavy atom. The minimum absolute atomic E-state index is 0.0880. The Bertz CT molecular complexity index is 761. The molecule has 0 saturated carbocycles. The molecule has 0 spiro atoms. The fourth-order valence-corrected chi connectivity index (χ4v) is 2.52. The lowest BCUT2D eigenvalue weighted by Gasteiger charge is -2.26. The smallest absolute Gasteiger partial charge is 0.174 e. The molecular formula is C17H14O5. The number of ketones is 2. The molecule has 1 aliphatic rings. The number of phenolic OH excluding ortho intramolecular Hbond substituents is 2. The van der Waals surface area contributed by atoms with Crippen LogP contribution < -0.4 is 4.74 Å². The monoisotopic (exact) mass is 298 g/mol. The van der Waals surface area contributed by atoms with E-state index in [0.29, 0.717) is 0 Å². The molecule has 2 aromatic carbocycles. The molecule has 5 nitrogen and oxygen atoms in total. The number of benzene rings is 2. The van der Waals surface area contributed by atoms with Crippen molar-refractivity contribution in [2.24, 2.45) is 0 Å². The van der Waals surface area contributed by atoms with Crippen LogP contribution in [0.15, 0.2) is 36.4 Å². The van der Waals surface area contributed by atoms with Crippen LogP contribution in [0.4, 0.5) is 0 Å². The van der Waals surface area contributed by atoms with Crippen molar-refractivity contribution in [1.29, 1.82) is 0 Å². The number of rotatable bonds is 2. The highest BCUT2D eigenvalue weighted by atomic mass is 16.5. The van der Waals surface area contributed by atoms with Gasteiger partial charge in [0.25, 0.3) is 0 Å². The Balaban J connectivity index is 2.02. The van der Waals surface area contributed by atoms with Crippen LogP contribution in [0.2, 0.25) is 0 Å². The van der Waals surface area contributed by atoms with E-state index in [4.69, 9.17) is 4.74 Å². The Morgan fingerprint density at radius 3 is 2.50 bits per heavy atom. The summed E-state index contributed by atoms with van der Waals surface area (Å²) >= 11 is 0. The van der Waals surface area contributed by atoms with Crippen molar-refractivity contribution in [3.8, 4) is 17.2 Å². The van der Waals surface area contributed by atoms with Gasteiger partial charge in [0.2, 0.25) is 0 Å². The Kier molecular flexibility index (Phi) is 3.33. The molecule has 0 aromatic heterocycles. The van der Waals surface area contributed by atoms with Gasteiger partial charge >= 0.3 is 0 Å². The molecule has 1 atom stereocenters. The summed E-state index contributed by atoms with van der Waals surface area (Å²) in [6.45, 7) is 1.38. The summed E-state index contributed by atoms with van der Waals surface area (Å²) in [4.78, 5) is 23.7. The van der Waals surface area contributed by atoms with E-state index in [1.54, 1.807) is 12.1 Å². The average molecular weight is 298 g/mol. The van der Waals surface area contributed by atoms with Gasteiger partial charge in [-0.25, -0.2) is 0 Å². The molecule has 0 bridgehead atoms. The van der Waals surface area contributed by atoms with Gasteiger partial charge in [0.05, 0.1) is 6.42 Å². The molecule has 0 saturated heterocycles. The fraction of sp³-hybridized carbons (Fsp3) is 0.176. The van der Waals surface area contributed by atoms with Crippen molar-refractivity contribution >= 4 is 11.6 Å². The maximum atomic E-state index is 12.3. The van der Waals surface area contributed by atoms with Crippen LogP contribution in [0.25, 0.3) is 0 Å².